The van der Waals surface area contributed by atoms with E-state index in [2.05, 4.69) is 31.2 Å². The summed E-state index contributed by atoms with van der Waals surface area (Å²) in [5, 5.41) is 0. The van der Waals surface area contributed by atoms with Crippen molar-refractivity contribution in [2.24, 2.45) is 0 Å². The Morgan fingerprint density at radius 1 is 1.09 bits per heavy atom. The van der Waals surface area contributed by atoms with Crippen molar-refractivity contribution in [2.45, 2.75) is 20.0 Å². The maximum atomic E-state index is 12.1. The zero-order valence-corrected chi connectivity index (χ0v) is 13.7. The van der Waals surface area contributed by atoms with E-state index in [0.29, 0.717) is 12.2 Å². The molecule has 0 saturated heterocycles. The van der Waals surface area contributed by atoms with Gasteiger partial charge in [-0.05, 0) is 42.7 Å². The third kappa shape index (κ3) is 3.74. The molecular weight excluding hydrogens is 274 g/mol. The second kappa shape index (κ2) is 7.23. The van der Waals surface area contributed by atoms with Crippen LogP contribution in [0, 0.1) is 0 Å². The van der Waals surface area contributed by atoms with Crippen molar-refractivity contribution in [2.75, 3.05) is 20.7 Å². The van der Waals surface area contributed by atoms with Crippen molar-refractivity contribution in [3.8, 4) is 11.1 Å². The summed E-state index contributed by atoms with van der Waals surface area (Å²) in [6, 6.07) is 16.0. The van der Waals surface area contributed by atoms with Crippen LogP contribution in [0.4, 0.5) is 0 Å². The van der Waals surface area contributed by atoms with E-state index in [9.17, 15) is 4.79 Å². The molecule has 1 unspecified atom stereocenters. The molecule has 0 radical (unpaired) electrons. The van der Waals surface area contributed by atoms with Crippen LogP contribution < -0.4 is 0 Å². The number of hydrogen-bond donors (Lipinski definition) is 0. The summed E-state index contributed by atoms with van der Waals surface area (Å²) in [6.07, 6.45) is 0.0979. The summed E-state index contributed by atoms with van der Waals surface area (Å²) >= 11 is 0. The fourth-order valence-electron chi connectivity index (χ4n) is 2.38. The minimum atomic E-state index is 0.0171. The van der Waals surface area contributed by atoms with Crippen molar-refractivity contribution >= 4 is 5.91 Å². The normalized spacial score (nSPS) is 12.0. The molecule has 2 aromatic rings. The number of rotatable bonds is 5. The van der Waals surface area contributed by atoms with Gasteiger partial charge >= 0.3 is 0 Å². The summed E-state index contributed by atoms with van der Waals surface area (Å²) < 4.78 is 5.60. The standard InChI is InChI=1S/C19H23NO2/c1-5-22-14(2)15-9-11-16(12-10-15)17-7-6-8-18(13-17)19(21)20(3)4/h6-14H,5H2,1-4H3. The van der Waals surface area contributed by atoms with E-state index in [4.69, 9.17) is 4.74 Å². The number of hydrogen-bond acceptors (Lipinski definition) is 2. The van der Waals surface area contributed by atoms with E-state index in [1.54, 1.807) is 19.0 Å². The molecule has 0 saturated carbocycles. The van der Waals surface area contributed by atoms with E-state index in [-0.39, 0.29) is 12.0 Å². The van der Waals surface area contributed by atoms with Crippen molar-refractivity contribution in [1.29, 1.82) is 0 Å². The summed E-state index contributed by atoms with van der Waals surface area (Å²) in [5.41, 5.74) is 4.00. The summed E-state index contributed by atoms with van der Waals surface area (Å²) in [4.78, 5) is 13.6. The molecule has 0 fully saturated rings. The number of benzene rings is 2. The highest BCUT2D eigenvalue weighted by Crippen LogP contribution is 2.24. The van der Waals surface area contributed by atoms with E-state index >= 15 is 0 Å². The van der Waals surface area contributed by atoms with Crippen molar-refractivity contribution in [3.63, 3.8) is 0 Å². The van der Waals surface area contributed by atoms with Crippen molar-refractivity contribution in [1.82, 2.24) is 4.90 Å². The molecule has 1 amide bonds. The Morgan fingerprint density at radius 3 is 2.36 bits per heavy atom. The van der Waals surface area contributed by atoms with Crippen LogP contribution in [0.25, 0.3) is 11.1 Å². The van der Waals surface area contributed by atoms with Gasteiger partial charge < -0.3 is 9.64 Å². The van der Waals surface area contributed by atoms with Crippen LogP contribution in [0.3, 0.4) is 0 Å². The van der Waals surface area contributed by atoms with E-state index in [0.717, 1.165) is 16.7 Å². The molecule has 22 heavy (non-hydrogen) atoms. The van der Waals surface area contributed by atoms with Gasteiger partial charge in [0.2, 0.25) is 0 Å². The maximum absolute atomic E-state index is 12.1. The first kappa shape index (κ1) is 16.2. The minimum Gasteiger partial charge on any atom is -0.374 e. The summed E-state index contributed by atoms with van der Waals surface area (Å²) in [6.45, 7) is 4.75. The van der Waals surface area contributed by atoms with Crippen LogP contribution in [-0.2, 0) is 4.74 Å². The SMILES string of the molecule is CCOC(C)c1ccc(-c2cccc(C(=O)N(C)C)c2)cc1. The zero-order chi connectivity index (χ0) is 16.1. The third-order valence-electron chi connectivity index (χ3n) is 3.65. The van der Waals surface area contributed by atoms with Crippen LogP contribution in [0.2, 0.25) is 0 Å². The van der Waals surface area contributed by atoms with Gasteiger partial charge in [0.1, 0.15) is 0 Å². The summed E-state index contributed by atoms with van der Waals surface area (Å²) in [5.74, 6) is 0.0171. The van der Waals surface area contributed by atoms with Crippen LogP contribution in [0.5, 0.6) is 0 Å². The fraction of sp³-hybridized carbons (Fsp3) is 0.316. The highest BCUT2D eigenvalue weighted by atomic mass is 16.5. The maximum Gasteiger partial charge on any atom is 0.253 e. The van der Waals surface area contributed by atoms with Gasteiger partial charge in [-0.15, -0.1) is 0 Å². The van der Waals surface area contributed by atoms with E-state index in [1.165, 1.54) is 0 Å². The molecule has 0 aliphatic heterocycles. The fourth-order valence-corrected chi connectivity index (χ4v) is 2.38. The van der Waals surface area contributed by atoms with Gasteiger partial charge in [-0.25, -0.2) is 0 Å². The van der Waals surface area contributed by atoms with Gasteiger partial charge in [-0.2, -0.15) is 0 Å². The van der Waals surface area contributed by atoms with Gasteiger partial charge in [-0.3, -0.25) is 4.79 Å². The van der Waals surface area contributed by atoms with Crippen LogP contribution in [0.15, 0.2) is 48.5 Å². The monoisotopic (exact) mass is 297 g/mol. The number of amides is 1. The highest BCUT2D eigenvalue weighted by molar-refractivity contribution is 5.95. The Morgan fingerprint density at radius 2 is 1.77 bits per heavy atom. The lowest BCUT2D eigenvalue weighted by Gasteiger charge is -2.13. The molecule has 0 spiro atoms. The number of carbonyl (C=O) groups excluding carboxylic acids is 1. The van der Waals surface area contributed by atoms with Gasteiger partial charge in [0.15, 0.2) is 0 Å². The second-order valence-electron chi connectivity index (χ2n) is 5.50. The quantitative estimate of drug-likeness (QED) is 0.829. The lowest BCUT2D eigenvalue weighted by molar-refractivity contribution is 0.0764. The minimum absolute atomic E-state index is 0.0171. The van der Waals surface area contributed by atoms with Crippen molar-refractivity contribution < 1.29 is 9.53 Å². The molecule has 2 rings (SSSR count). The first-order valence-electron chi connectivity index (χ1n) is 7.56. The Balaban J connectivity index is 2.25. The largest absolute Gasteiger partial charge is 0.374 e. The first-order chi connectivity index (χ1) is 10.5. The summed E-state index contributed by atoms with van der Waals surface area (Å²) in [7, 11) is 3.53. The lowest BCUT2D eigenvalue weighted by atomic mass is 10.0. The molecule has 0 heterocycles. The van der Waals surface area contributed by atoms with Crippen molar-refractivity contribution in [3.05, 3.63) is 59.7 Å². The lowest BCUT2D eigenvalue weighted by Crippen LogP contribution is -2.21. The Kier molecular flexibility index (Phi) is 5.34. The number of nitrogens with zero attached hydrogens (tertiary/aromatic N) is 1. The molecule has 0 aliphatic rings. The Hall–Kier alpha value is -2.13. The molecule has 1 atom stereocenters. The van der Waals surface area contributed by atoms with Crippen LogP contribution in [0.1, 0.15) is 35.9 Å². The van der Waals surface area contributed by atoms with Crippen LogP contribution in [-0.4, -0.2) is 31.5 Å². The molecule has 2 aromatic carbocycles. The van der Waals surface area contributed by atoms with Crippen LogP contribution >= 0.6 is 0 Å². The van der Waals surface area contributed by atoms with E-state index in [1.807, 2.05) is 31.2 Å². The molecule has 3 nitrogen and oxygen atoms in total. The van der Waals surface area contributed by atoms with E-state index < -0.39 is 0 Å². The second-order valence-corrected chi connectivity index (χ2v) is 5.50. The molecule has 0 N–H and O–H groups in total. The molecule has 0 aliphatic carbocycles. The van der Waals surface area contributed by atoms with Gasteiger partial charge in [0.25, 0.3) is 5.91 Å². The average molecular weight is 297 g/mol. The molecule has 3 heteroatoms. The smallest absolute Gasteiger partial charge is 0.253 e. The highest BCUT2D eigenvalue weighted by Gasteiger charge is 2.09. The number of ether oxygens (including phenoxy) is 1. The first-order valence-corrected chi connectivity index (χ1v) is 7.56. The predicted octanol–water partition coefficient (Wildman–Crippen LogP) is 4.15. The molecule has 116 valence electrons. The predicted molar refractivity (Wildman–Crippen MR) is 89.9 cm³/mol. The Bertz CT molecular complexity index is 632. The molecule has 0 aromatic heterocycles. The Labute approximate surface area is 132 Å². The third-order valence-corrected chi connectivity index (χ3v) is 3.65. The molecular formula is C19H23NO2. The zero-order valence-electron chi connectivity index (χ0n) is 13.7. The molecule has 0 bridgehead atoms. The van der Waals surface area contributed by atoms with Gasteiger partial charge in [0.05, 0.1) is 6.10 Å². The number of carbonyl (C=O) groups is 1. The van der Waals surface area contributed by atoms with Gasteiger partial charge in [0, 0.05) is 26.3 Å². The topological polar surface area (TPSA) is 29.5 Å². The average Bonchev–Trinajstić information content (AvgIpc) is 2.54. The van der Waals surface area contributed by atoms with Gasteiger partial charge in [-0.1, -0.05) is 36.4 Å².